The van der Waals surface area contributed by atoms with Crippen LogP contribution in [-0.4, -0.2) is 33.4 Å². The van der Waals surface area contributed by atoms with E-state index in [1.165, 1.54) is 13.8 Å². The van der Waals surface area contributed by atoms with Crippen LogP contribution in [0.4, 0.5) is 0 Å². The molecule has 0 fully saturated rings. The van der Waals surface area contributed by atoms with Crippen molar-refractivity contribution in [3.05, 3.63) is 48.5 Å². The molecule has 2 unspecified atom stereocenters. The van der Waals surface area contributed by atoms with Crippen molar-refractivity contribution >= 4 is 11.9 Å². The molecule has 2 atom stereocenters. The van der Waals surface area contributed by atoms with E-state index >= 15 is 0 Å². The molecule has 0 saturated heterocycles. The van der Waals surface area contributed by atoms with Crippen molar-refractivity contribution in [1.29, 1.82) is 0 Å². The number of hydrogen-bond donors (Lipinski definition) is 2. The molecule has 0 aliphatic heterocycles. The number of carboxylic acids is 2. The highest BCUT2D eigenvalue weighted by Crippen LogP contribution is 2.29. The number of carbonyl (C=O) groups is 2. The number of benzene rings is 2. The fourth-order valence-electron chi connectivity index (χ4n) is 2.34. The van der Waals surface area contributed by atoms with Gasteiger partial charge in [0.2, 0.25) is 11.2 Å². The van der Waals surface area contributed by atoms with Gasteiger partial charge in [0, 0.05) is 0 Å². The number of hydrogen-bond acceptors (Lipinski definition) is 5. The van der Waals surface area contributed by atoms with Crippen LogP contribution in [0.3, 0.4) is 0 Å². The average molecular weight is 402 g/mol. The summed E-state index contributed by atoms with van der Waals surface area (Å²) in [6.07, 6.45) is 0.655. The average Bonchev–Trinajstić information content (AvgIpc) is 2.70. The lowest BCUT2D eigenvalue weighted by Gasteiger charge is -2.25. The van der Waals surface area contributed by atoms with E-state index in [4.69, 9.17) is 14.2 Å². The third-order valence-corrected chi connectivity index (χ3v) is 4.82. The quantitative estimate of drug-likeness (QED) is 0.591. The molecule has 0 aliphatic carbocycles. The first-order chi connectivity index (χ1) is 13.6. The standard InChI is InChI=1S/C22H26O7/c1-5-21(3,19(23)24)28-17-11-7-15(8-12-17)27-16-9-13-18(14-10-16)29-22(4,6-2)20(25)26/h7-14H,5-6H2,1-4H3,(H,23,24)(H,25,26). The number of aliphatic carboxylic acids is 2. The topological polar surface area (TPSA) is 102 Å². The van der Waals surface area contributed by atoms with Gasteiger partial charge in [-0.05, 0) is 75.2 Å². The van der Waals surface area contributed by atoms with Gasteiger partial charge in [-0.15, -0.1) is 0 Å². The summed E-state index contributed by atoms with van der Waals surface area (Å²) in [6.45, 7) is 6.55. The van der Waals surface area contributed by atoms with Crippen molar-refractivity contribution in [2.45, 2.75) is 51.7 Å². The van der Waals surface area contributed by atoms with Gasteiger partial charge in [0.05, 0.1) is 0 Å². The lowest BCUT2D eigenvalue weighted by Crippen LogP contribution is -2.40. The van der Waals surface area contributed by atoms with Crippen molar-refractivity contribution in [3.8, 4) is 23.0 Å². The van der Waals surface area contributed by atoms with Crippen molar-refractivity contribution in [2.24, 2.45) is 0 Å². The molecule has 7 heteroatoms. The van der Waals surface area contributed by atoms with Gasteiger partial charge in [-0.1, -0.05) is 13.8 Å². The van der Waals surface area contributed by atoms with E-state index in [2.05, 4.69) is 0 Å². The van der Waals surface area contributed by atoms with Gasteiger partial charge in [0.25, 0.3) is 0 Å². The highest BCUT2D eigenvalue weighted by atomic mass is 16.5. The summed E-state index contributed by atoms with van der Waals surface area (Å²) in [5, 5.41) is 18.6. The molecule has 0 spiro atoms. The Morgan fingerprint density at radius 3 is 1.21 bits per heavy atom. The Morgan fingerprint density at radius 2 is 0.966 bits per heavy atom. The van der Waals surface area contributed by atoms with E-state index in [0.29, 0.717) is 35.8 Å². The minimum absolute atomic E-state index is 0.327. The Labute approximate surface area is 169 Å². The number of carboxylic acid groups (broad SMARTS) is 2. The van der Waals surface area contributed by atoms with Crippen LogP contribution in [0.1, 0.15) is 40.5 Å². The Morgan fingerprint density at radius 1 is 0.690 bits per heavy atom. The summed E-state index contributed by atoms with van der Waals surface area (Å²) in [7, 11) is 0. The maximum absolute atomic E-state index is 11.3. The highest BCUT2D eigenvalue weighted by molar-refractivity contribution is 5.77. The Hall–Kier alpha value is -3.22. The highest BCUT2D eigenvalue weighted by Gasteiger charge is 2.34. The van der Waals surface area contributed by atoms with E-state index in [1.54, 1.807) is 62.4 Å². The number of rotatable bonds is 10. The predicted octanol–water partition coefficient (Wildman–Crippen LogP) is 4.74. The summed E-state index contributed by atoms with van der Waals surface area (Å²) >= 11 is 0. The Bertz CT molecular complexity index is 773. The zero-order valence-corrected chi connectivity index (χ0v) is 17.0. The zero-order chi connectivity index (χ0) is 21.7. The second kappa shape index (κ2) is 8.86. The fourth-order valence-corrected chi connectivity index (χ4v) is 2.34. The largest absolute Gasteiger partial charge is 0.478 e. The Balaban J connectivity index is 2.04. The molecule has 0 saturated carbocycles. The minimum atomic E-state index is -1.29. The van der Waals surface area contributed by atoms with Crippen LogP contribution in [0.2, 0.25) is 0 Å². The normalized spacial score (nSPS) is 14.9. The third-order valence-electron chi connectivity index (χ3n) is 4.82. The molecule has 29 heavy (non-hydrogen) atoms. The van der Waals surface area contributed by atoms with Crippen LogP contribution in [0, 0.1) is 0 Å². The SMILES string of the molecule is CCC(C)(Oc1ccc(Oc2ccc(OC(C)(CC)C(=O)O)cc2)cc1)C(=O)O. The van der Waals surface area contributed by atoms with Crippen LogP contribution in [0.5, 0.6) is 23.0 Å². The maximum atomic E-state index is 11.3. The van der Waals surface area contributed by atoms with Gasteiger partial charge in [-0.2, -0.15) is 0 Å². The molecule has 7 nitrogen and oxygen atoms in total. The first-order valence-corrected chi connectivity index (χ1v) is 9.34. The lowest BCUT2D eigenvalue weighted by atomic mass is 10.0. The molecule has 2 rings (SSSR count). The van der Waals surface area contributed by atoms with E-state index in [9.17, 15) is 19.8 Å². The van der Waals surface area contributed by atoms with Crippen LogP contribution < -0.4 is 14.2 Å². The van der Waals surface area contributed by atoms with Crippen molar-refractivity contribution < 1.29 is 34.0 Å². The first-order valence-electron chi connectivity index (χ1n) is 9.34. The molecule has 0 amide bonds. The van der Waals surface area contributed by atoms with Gasteiger partial charge in [-0.25, -0.2) is 9.59 Å². The molecule has 2 N–H and O–H groups in total. The second-order valence-corrected chi connectivity index (χ2v) is 7.03. The zero-order valence-electron chi connectivity index (χ0n) is 17.0. The summed E-state index contributed by atoms with van der Waals surface area (Å²) < 4.78 is 16.9. The second-order valence-electron chi connectivity index (χ2n) is 7.03. The molecule has 0 bridgehead atoms. The van der Waals surface area contributed by atoms with Crippen LogP contribution in [0.15, 0.2) is 48.5 Å². The monoisotopic (exact) mass is 402 g/mol. The predicted molar refractivity (Wildman–Crippen MR) is 107 cm³/mol. The van der Waals surface area contributed by atoms with Gasteiger partial charge in [-0.3, -0.25) is 0 Å². The summed E-state index contributed by atoms with van der Waals surface area (Å²) in [6, 6.07) is 13.3. The molecule has 2 aromatic rings. The molecule has 0 heterocycles. The maximum Gasteiger partial charge on any atom is 0.347 e. The molecule has 2 aromatic carbocycles. The molecule has 0 aromatic heterocycles. The third kappa shape index (κ3) is 5.40. The van der Waals surface area contributed by atoms with E-state index < -0.39 is 23.1 Å². The summed E-state index contributed by atoms with van der Waals surface area (Å²) in [4.78, 5) is 22.7. The van der Waals surface area contributed by atoms with Crippen molar-refractivity contribution in [3.63, 3.8) is 0 Å². The molecule has 0 aliphatic rings. The van der Waals surface area contributed by atoms with Gasteiger partial charge < -0.3 is 24.4 Å². The van der Waals surface area contributed by atoms with E-state index in [-0.39, 0.29) is 0 Å². The smallest absolute Gasteiger partial charge is 0.347 e. The van der Waals surface area contributed by atoms with Gasteiger partial charge in [0.15, 0.2) is 0 Å². The van der Waals surface area contributed by atoms with Crippen LogP contribution in [-0.2, 0) is 9.59 Å². The molecule has 156 valence electrons. The first kappa shape index (κ1) is 22.1. The molecule has 0 radical (unpaired) electrons. The lowest BCUT2D eigenvalue weighted by molar-refractivity contribution is -0.154. The van der Waals surface area contributed by atoms with Crippen LogP contribution in [0.25, 0.3) is 0 Å². The molecular weight excluding hydrogens is 376 g/mol. The summed E-state index contributed by atoms with van der Waals surface area (Å²) in [5.74, 6) is -0.0953. The summed E-state index contributed by atoms with van der Waals surface area (Å²) in [5.41, 5.74) is -2.58. The van der Waals surface area contributed by atoms with Crippen molar-refractivity contribution in [2.75, 3.05) is 0 Å². The molecular formula is C22H26O7. The van der Waals surface area contributed by atoms with Crippen molar-refractivity contribution in [1.82, 2.24) is 0 Å². The van der Waals surface area contributed by atoms with Gasteiger partial charge in [0.1, 0.15) is 23.0 Å². The Kier molecular flexibility index (Phi) is 6.74. The minimum Gasteiger partial charge on any atom is -0.478 e. The number of ether oxygens (including phenoxy) is 3. The van der Waals surface area contributed by atoms with E-state index in [0.717, 1.165) is 0 Å². The van der Waals surface area contributed by atoms with Crippen LogP contribution >= 0.6 is 0 Å². The van der Waals surface area contributed by atoms with Gasteiger partial charge >= 0.3 is 11.9 Å². The van der Waals surface area contributed by atoms with E-state index in [1.807, 2.05) is 0 Å². The fraction of sp³-hybridized carbons (Fsp3) is 0.364.